The monoisotopic (exact) mass is 434 g/mol. The van der Waals surface area contributed by atoms with Crippen molar-refractivity contribution in [2.24, 2.45) is 5.73 Å². The van der Waals surface area contributed by atoms with E-state index in [9.17, 15) is 9.59 Å². The number of carbonyl (C=O) groups excluding carboxylic acids is 2. The number of aromatic nitrogens is 2. The van der Waals surface area contributed by atoms with Gasteiger partial charge in [0.25, 0.3) is 5.91 Å². The summed E-state index contributed by atoms with van der Waals surface area (Å²) in [6.45, 7) is 9.02. The molecule has 3 heterocycles. The third kappa shape index (κ3) is 4.92. The van der Waals surface area contributed by atoms with Gasteiger partial charge in [0.05, 0.1) is 16.8 Å². The number of piperidine rings is 1. The summed E-state index contributed by atoms with van der Waals surface area (Å²) in [6, 6.07) is 0.0498. The van der Waals surface area contributed by atoms with Gasteiger partial charge < -0.3 is 26.4 Å². The summed E-state index contributed by atoms with van der Waals surface area (Å²) in [5.41, 5.74) is 12.3. The molecule has 0 aliphatic carbocycles. The number of amides is 2. The number of aryl methyl sites for hydroxylation is 1. The maximum Gasteiger partial charge on any atom is 0.407 e. The number of anilines is 2. The summed E-state index contributed by atoms with van der Waals surface area (Å²) in [4.78, 5) is 36.3. The first-order valence-electron chi connectivity index (χ1n) is 10.2. The van der Waals surface area contributed by atoms with Crippen molar-refractivity contribution in [2.75, 3.05) is 23.7 Å². The summed E-state index contributed by atoms with van der Waals surface area (Å²) < 4.78 is 5.34. The Hall–Kier alpha value is -2.62. The van der Waals surface area contributed by atoms with Crippen LogP contribution in [-0.4, -0.2) is 46.7 Å². The Bertz CT molecular complexity index is 944. The van der Waals surface area contributed by atoms with Crippen molar-refractivity contribution in [1.82, 2.24) is 15.3 Å². The number of nitrogens with one attached hydrogen (secondary N) is 1. The van der Waals surface area contributed by atoms with Gasteiger partial charge in [-0.25, -0.2) is 14.8 Å². The number of hydrogen-bond acceptors (Lipinski definition) is 8. The molecule has 0 aromatic carbocycles. The van der Waals surface area contributed by atoms with Gasteiger partial charge in [0.1, 0.15) is 15.3 Å². The predicted molar refractivity (Wildman–Crippen MR) is 119 cm³/mol. The molecule has 2 amide bonds. The summed E-state index contributed by atoms with van der Waals surface area (Å²) >= 11 is 1.21. The predicted octanol–water partition coefficient (Wildman–Crippen LogP) is 2.82. The summed E-state index contributed by atoms with van der Waals surface area (Å²) in [7, 11) is 0. The lowest BCUT2D eigenvalue weighted by atomic mass is 10.1. The van der Waals surface area contributed by atoms with E-state index in [1.807, 2.05) is 20.8 Å². The Kier molecular flexibility index (Phi) is 6.35. The molecule has 1 fully saturated rings. The molecular weight excluding hydrogens is 404 g/mol. The van der Waals surface area contributed by atoms with Gasteiger partial charge in [-0.1, -0.05) is 13.3 Å². The van der Waals surface area contributed by atoms with E-state index in [1.54, 1.807) is 0 Å². The van der Waals surface area contributed by atoms with E-state index >= 15 is 0 Å². The van der Waals surface area contributed by atoms with Gasteiger partial charge in [0.15, 0.2) is 0 Å². The maximum atomic E-state index is 12.0. The van der Waals surface area contributed by atoms with Gasteiger partial charge in [0, 0.05) is 19.1 Å². The number of nitrogens with two attached hydrogens (primary N) is 2. The van der Waals surface area contributed by atoms with Gasteiger partial charge in [-0.2, -0.15) is 0 Å². The number of carbonyl (C=O) groups is 2. The lowest BCUT2D eigenvalue weighted by molar-refractivity contribution is 0.0497. The Morgan fingerprint density at radius 3 is 2.50 bits per heavy atom. The molecule has 164 valence electrons. The molecule has 1 saturated heterocycles. The highest BCUT2D eigenvalue weighted by molar-refractivity contribution is 7.21. The number of rotatable bonds is 5. The largest absolute Gasteiger partial charge is 0.444 e. The molecule has 1 aliphatic rings. The van der Waals surface area contributed by atoms with E-state index in [0.717, 1.165) is 36.8 Å². The normalized spacial score (nSPS) is 15.4. The maximum absolute atomic E-state index is 12.0. The third-order valence-corrected chi connectivity index (χ3v) is 5.97. The van der Waals surface area contributed by atoms with Crippen LogP contribution in [0.1, 0.15) is 62.3 Å². The summed E-state index contributed by atoms with van der Waals surface area (Å²) in [5, 5.41) is 3.67. The number of ether oxygens (including phenoxy) is 1. The molecule has 0 bridgehead atoms. The van der Waals surface area contributed by atoms with Gasteiger partial charge >= 0.3 is 6.09 Å². The lowest BCUT2D eigenvalue weighted by Crippen LogP contribution is -2.46. The van der Waals surface area contributed by atoms with Gasteiger partial charge in [-0.05, 0) is 40.0 Å². The number of alkyl carbamates (subject to hydrolysis) is 1. The molecule has 0 spiro atoms. The average Bonchev–Trinajstić information content (AvgIpc) is 2.98. The number of hydrogen-bond donors (Lipinski definition) is 3. The molecule has 3 rings (SSSR count). The number of nitrogens with zero attached hydrogens (tertiary/aromatic N) is 3. The van der Waals surface area contributed by atoms with E-state index < -0.39 is 17.6 Å². The van der Waals surface area contributed by atoms with E-state index in [-0.39, 0.29) is 6.04 Å². The van der Waals surface area contributed by atoms with Crippen molar-refractivity contribution in [3.63, 3.8) is 0 Å². The minimum Gasteiger partial charge on any atom is -0.444 e. The molecule has 1 aliphatic heterocycles. The Morgan fingerprint density at radius 2 is 1.93 bits per heavy atom. The zero-order valence-electron chi connectivity index (χ0n) is 17.9. The Labute approximate surface area is 180 Å². The second-order valence-electron chi connectivity index (χ2n) is 8.52. The first kappa shape index (κ1) is 22.1. The number of primary amides is 1. The lowest BCUT2D eigenvalue weighted by Gasteiger charge is -2.33. The highest BCUT2D eigenvalue weighted by Crippen LogP contribution is 2.36. The fraction of sp³-hybridized carbons (Fsp3) is 0.600. The van der Waals surface area contributed by atoms with E-state index in [0.29, 0.717) is 34.4 Å². The standard InChI is InChI=1S/C20H30N6O3S/c1-5-6-12-13-14(21)15(16(22)27)30-17(13)25-18(24-12)26-9-7-11(8-10-26)23-19(28)29-20(2,3)4/h11H,5-10,21H2,1-4H3,(H2,22,27)(H,23,28). The number of fused-ring (bicyclic) bond motifs is 1. The highest BCUT2D eigenvalue weighted by atomic mass is 32.1. The molecule has 5 N–H and O–H groups in total. The van der Waals surface area contributed by atoms with Crippen LogP contribution in [0.2, 0.25) is 0 Å². The molecule has 30 heavy (non-hydrogen) atoms. The first-order valence-corrected chi connectivity index (χ1v) is 11.0. The van der Waals surface area contributed by atoms with Crippen LogP contribution in [0, 0.1) is 0 Å². The quantitative estimate of drug-likeness (QED) is 0.658. The second kappa shape index (κ2) is 8.63. The third-order valence-electron chi connectivity index (χ3n) is 4.86. The molecule has 0 atom stereocenters. The minimum absolute atomic E-state index is 0.0498. The van der Waals surface area contributed by atoms with Crippen LogP contribution in [0.4, 0.5) is 16.4 Å². The van der Waals surface area contributed by atoms with Crippen LogP contribution in [0.5, 0.6) is 0 Å². The smallest absolute Gasteiger partial charge is 0.407 e. The average molecular weight is 435 g/mol. The summed E-state index contributed by atoms with van der Waals surface area (Å²) in [5.74, 6) is 0.0764. The van der Waals surface area contributed by atoms with Crippen LogP contribution in [-0.2, 0) is 11.2 Å². The molecule has 9 nitrogen and oxygen atoms in total. The van der Waals surface area contributed by atoms with Crippen molar-refractivity contribution in [1.29, 1.82) is 0 Å². The zero-order chi connectivity index (χ0) is 22.1. The topological polar surface area (TPSA) is 136 Å². The molecular formula is C20H30N6O3S. The van der Waals surface area contributed by atoms with Gasteiger partial charge in [-0.3, -0.25) is 4.79 Å². The second-order valence-corrected chi connectivity index (χ2v) is 9.52. The fourth-order valence-electron chi connectivity index (χ4n) is 3.52. The van der Waals surface area contributed by atoms with E-state index in [4.69, 9.17) is 21.2 Å². The number of nitrogen functional groups attached to an aromatic ring is 1. The highest BCUT2D eigenvalue weighted by Gasteiger charge is 2.26. The Balaban J connectivity index is 1.76. The van der Waals surface area contributed by atoms with Crippen LogP contribution in [0.15, 0.2) is 0 Å². The molecule has 0 radical (unpaired) electrons. The van der Waals surface area contributed by atoms with Crippen LogP contribution < -0.4 is 21.7 Å². The van der Waals surface area contributed by atoms with E-state index in [2.05, 4.69) is 22.1 Å². The fourth-order valence-corrected chi connectivity index (χ4v) is 4.48. The Morgan fingerprint density at radius 1 is 1.27 bits per heavy atom. The van der Waals surface area contributed by atoms with E-state index in [1.165, 1.54) is 11.3 Å². The minimum atomic E-state index is -0.548. The van der Waals surface area contributed by atoms with Crippen LogP contribution >= 0.6 is 11.3 Å². The zero-order valence-corrected chi connectivity index (χ0v) is 18.8. The molecule has 2 aromatic heterocycles. The van der Waals surface area contributed by atoms with Crippen LogP contribution in [0.3, 0.4) is 0 Å². The molecule has 10 heteroatoms. The number of thiophene rings is 1. The van der Waals surface area contributed by atoms with Crippen molar-refractivity contribution < 1.29 is 14.3 Å². The van der Waals surface area contributed by atoms with Gasteiger partial charge in [0.2, 0.25) is 5.95 Å². The molecule has 0 unspecified atom stereocenters. The molecule has 0 saturated carbocycles. The van der Waals surface area contributed by atoms with Gasteiger partial charge in [-0.15, -0.1) is 11.3 Å². The van der Waals surface area contributed by atoms with Crippen LogP contribution in [0.25, 0.3) is 10.2 Å². The first-order chi connectivity index (χ1) is 14.1. The SMILES string of the molecule is CCCc1nc(N2CCC(NC(=O)OC(C)(C)C)CC2)nc2sc(C(N)=O)c(N)c12. The van der Waals surface area contributed by atoms with Crippen molar-refractivity contribution >= 4 is 45.2 Å². The van der Waals surface area contributed by atoms with Crippen molar-refractivity contribution in [3.05, 3.63) is 10.6 Å². The van der Waals surface area contributed by atoms with Crippen molar-refractivity contribution in [2.45, 2.75) is 65.0 Å². The summed E-state index contributed by atoms with van der Waals surface area (Å²) in [6.07, 6.45) is 2.78. The van der Waals surface area contributed by atoms with Crippen molar-refractivity contribution in [3.8, 4) is 0 Å². The molecule has 2 aromatic rings.